The first-order chi connectivity index (χ1) is 9.89. The van der Waals surface area contributed by atoms with Crippen molar-refractivity contribution in [1.82, 2.24) is 4.90 Å². The minimum absolute atomic E-state index is 0.0613. The van der Waals surface area contributed by atoms with E-state index in [4.69, 9.17) is 9.84 Å². The van der Waals surface area contributed by atoms with Gasteiger partial charge in [0.2, 0.25) is 0 Å². The van der Waals surface area contributed by atoms with Crippen LogP contribution >= 0.6 is 0 Å². The second kappa shape index (κ2) is 6.31. The Morgan fingerprint density at radius 2 is 1.95 bits per heavy atom. The molecule has 2 rings (SSSR count). The number of rotatable bonds is 2. The van der Waals surface area contributed by atoms with Crippen LogP contribution in [0.15, 0.2) is 30.3 Å². The SMILES string of the molecule is CC(C)(C)OC(=O)N1CC=C(c2ccc(CO)cc2)CC1. The predicted octanol–water partition coefficient (Wildman–Crippen LogP) is 3.20. The van der Waals surface area contributed by atoms with E-state index >= 15 is 0 Å². The average molecular weight is 289 g/mol. The van der Waals surface area contributed by atoms with Gasteiger partial charge in [0.15, 0.2) is 0 Å². The van der Waals surface area contributed by atoms with E-state index in [1.54, 1.807) is 4.90 Å². The Hall–Kier alpha value is -1.81. The molecule has 1 heterocycles. The Balaban J connectivity index is 1.99. The van der Waals surface area contributed by atoms with E-state index < -0.39 is 5.60 Å². The molecule has 0 bridgehead atoms. The smallest absolute Gasteiger partial charge is 0.410 e. The van der Waals surface area contributed by atoms with Crippen LogP contribution in [0.5, 0.6) is 0 Å². The average Bonchev–Trinajstić information content (AvgIpc) is 2.46. The maximum Gasteiger partial charge on any atom is 0.410 e. The summed E-state index contributed by atoms with van der Waals surface area (Å²) in [6.07, 6.45) is 2.63. The summed E-state index contributed by atoms with van der Waals surface area (Å²) >= 11 is 0. The molecular formula is C17H23NO3. The van der Waals surface area contributed by atoms with Gasteiger partial charge in [-0.15, -0.1) is 0 Å². The van der Waals surface area contributed by atoms with Crippen LogP contribution in [0, 0.1) is 0 Å². The highest BCUT2D eigenvalue weighted by molar-refractivity contribution is 5.72. The maximum atomic E-state index is 12.0. The highest BCUT2D eigenvalue weighted by Gasteiger charge is 2.23. The number of carbonyl (C=O) groups excluding carboxylic acids is 1. The lowest BCUT2D eigenvalue weighted by molar-refractivity contribution is 0.0270. The molecule has 1 aliphatic rings. The molecule has 0 fully saturated rings. The van der Waals surface area contributed by atoms with E-state index in [0.717, 1.165) is 17.5 Å². The molecule has 0 saturated carbocycles. The van der Waals surface area contributed by atoms with Gasteiger partial charge in [0.25, 0.3) is 0 Å². The molecule has 1 aromatic carbocycles. The van der Waals surface area contributed by atoms with Crippen LogP contribution in [0.25, 0.3) is 5.57 Å². The summed E-state index contributed by atoms with van der Waals surface area (Å²) < 4.78 is 5.38. The van der Waals surface area contributed by atoms with Crippen molar-refractivity contribution in [3.05, 3.63) is 41.5 Å². The first-order valence-electron chi connectivity index (χ1n) is 7.26. The minimum atomic E-state index is -0.457. The van der Waals surface area contributed by atoms with Gasteiger partial charge in [0.1, 0.15) is 5.60 Å². The van der Waals surface area contributed by atoms with Crippen molar-refractivity contribution in [2.24, 2.45) is 0 Å². The molecule has 4 heteroatoms. The number of hydrogen-bond acceptors (Lipinski definition) is 3. The second-order valence-corrected chi connectivity index (χ2v) is 6.26. The number of amides is 1. The molecule has 0 unspecified atom stereocenters. The fourth-order valence-electron chi connectivity index (χ4n) is 2.25. The van der Waals surface area contributed by atoms with Crippen molar-refractivity contribution in [3.63, 3.8) is 0 Å². The molecule has 21 heavy (non-hydrogen) atoms. The van der Waals surface area contributed by atoms with Gasteiger partial charge in [0.05, 0.1) is 6.61 Å². The van der Waals surface area contributed by atoms with E-state index in [9.17, 15) is 4.79 Å². The quantitative estimate of drug-likeness (QED) is 0.909. The van der Waals surface area contributed by atoms with Crippen molar-refractivity contribution in [2.75, 3.05) is 13.1 Å². The normalized spacial score (nSPS) is 15.6. The molecule has 4 nitrogen and oxygen atoms in total. The summed E-state index contributed by atoms with van der Waals surface area (Å²) in [6, 6.07) is 7.88. The van der Waals surface area contributed by atoms with Crippen LogP contribution in [0.4, 0.5) is 4.79 Å². The third-order valence-electron chi connectivity index (χ3n) is 3.37. The van der Waals surface area contributed by atoms with E-state index in [1.165, 1.54) is 5.57 Å². The molecule has 1 amide bonds. The van der Waals surface area contributed by atoms with Crippen LogP contribution in [-0.2, 0) is 11.3 Å². The van der Waals surface area contributed by atoms with Gasteiger partial charge in [-0.3, -0.25) is 0 Å². The molecule has 0 aromatic heterocycles. The zero-order valence-corrected chi connectivity index (χ0v) is 12.9. The summed E-state index contributed by atoms with van der Waals surface area (Å²) in [6.45, 7) is 6.93. The fraction of sp³-hybridized carbons (Fsp3) is 0.471. The van der Waals surface area contributed by atoms with Gasteiger partial charge in [0, 0.05) is 13.1 Å². The molecule has 0 saturated heterocycles. The molecular weight excluding hydrogens is 266 g/mol. The standard InChI is InChI=1S/C17H23NO3/c1-17(2,3)21-16(20)18-10-8-15(9-11-18)14-6-4-13(12-19)5-7-14/h4-8,19H,9-12H2,1-3H3. The molecule has 0 atom stereocenters. The summed E-state index contributed by atoms with van der Waals surface area (Å²) in [4.78, 5) is 13.7. The summed E-state index contributed by atoms with van der Waals surface area (Å²) in [5.41, 5.74) is 2.84. The molecule has 1 N–H and O–H groups in total. The van der Waals surface area contributed by atoms with Gasteiger partial charge in [-0.1, -0.05) is 30.3 Å². The first kappa shape index (κ1) is 15.6. The van der Waals surface area contributed by atoms with Gasteiger partial charge in [-0.25, -0.2) is 4.79 Å². The van der Waals surface area contributed by atoms with Crippen molar-refractivity contribution in [1.29, 1.82) is 0 Å². The van der Waals surface area contributed by atoms with Crippen molar-refractivity contribution >= 4 is 11.7 Å². The summed E-state index contributed by atoms with van der Waals surface area (Å²) in [5.74, 6) is 0. The summed E-state index contributed by atoms with van der Waals surface area (Å²) in [7, 11) is 0. The molecule has 114 valence electrons. The topological polar surface area (TPSA) is 49.8 Å². The highest BCUT2D eigenvalue weighted by atomic mass is 16.6. The Morgan fingerprint density at radius 1 is 1.29 bits per heavy atom. The van der Waals surface area contributed by atoms with Gasteiger partial charge < -0.3 is 14.7 Å². The number of nitrogens with zero attached hydrogens (tertiary/aromatic N) is 1. The Bertz CT molecular complexity index is 526. The van der Waals surface area contributed by atoms with Gasteiger partial charge >= 0.3 is 6.09 Å². The lowest BCUT2D eigenvalue weighted by Crippen LogP contribution is -2.39. The van der Waals surface area contributed by atoms with Crippen molar-refractivity contribution in [3.8, 4) is 0 Å². The minimum Gasteiger partial charge on any atom is -0.444 e. The molecule has 1 aromatic rings. The second-order valence-electron chi connectivity index (χ2n) is 6.26. The predicted molar refractivity (Wildman–Crippen MR) is 82.8 cm³/mol. The number of benzene rings is 1. The number of aliphatic hydroxyl groups excluding tert-OH is 1. The van der Waals surface area contributed by atoms with Crippen LogP contribution in [-0.4, -0.2) is 34.8 Å². The number of ether oxygens (including phenoxy) is 1. The molecule has 0 radical (unpaired) electrons. The number of hydrogen-bond donors (Lipinski definition) is 1. The van der Waals surface area contributed by atoms with E-state index in [0.29, 0.717) is 13.1 Å². The van der Waals surface area contributed by atoms with Crippen LogP contribution < -0.4 is 0 Å². The largest absolute Gasteiger partial charge is 0.444 e. The third-order valence-corrected chi connectivity index (χ3v) is 3.37. The van der Waals surface area contributed by atoms with Crippen LogP contribution in [0.2, 0.25) is 0 Å². The highest BCUT2D eigenvalue weighted by Crippen LogP contribution is 2.23. The van der Waals surface area contributed by atoms with E-state index in [2.05, 4.69) is 6.08 Å². The Labute approximate surface area is 126 Å². The molecule has 0 spiro atoms. The zero-order valence-electron chi connectivity index (χ0n) is 12.9. The van der Waals surface area contributed by atoms with E-state index in [-0.39, 0.29) is 12.7 Å². The fourth-order valence-corrected chi connectivity index (χ4v) is 2.25. The lowest BCUT2D eigenvalue weighted by atomic mass is 9.98. The summed E-state index contributed by atoms with van der Waals surface area (Å²) in [5, 5.41) is 9.05. The monoisotopic (exact) mass is 289 g/mol. The van der Waals surface area contributed by atoms with Crippen molar-refractivity contribution in [2.45, 2.75) is 39.4 Å². The molecule has 1 aliphatic heterocycles. The van der Waals surface area contributed by atoms with Gasteiger partial charge in [-0.2, -0.15) is 0 Å². The maximum absolute atomic E-state index is 12.0. The molecule has 0 aliphatic carbocycles. The van der Waals surface area contributed by atoms with Gasteiger partial charge in [-0.05, 0) is 43.9 Å². The number of carbonyl (C=O) groups is 1. The number of aliphatic hydroxyl groups is 1. The Morgan fingerprint density at radius 3 is 2.43 bits per heavy atom. The van der Waals surface area contributed by atoms with Crippen molar-refractivity contribution < 1.29 is 14.6 Å². The zero-order chi connectivity index (χ0) is 15.5. The first-order valence-corrected chi connectivity index (χ1v) is 7.26. The van der Waals surface area contributed by atoms with Crippen LogP contribution in [0.3, 0.4) is 0 Å². The van der Waals surface area contributed by atoms with Crippen LogP contribution in [0.1, 0.15) is 38.3 Å². The lowest BCUT2D eigenvalue weighted by Gasteiger charge is -2.29. The third kappa shape index (κ3) is 4.33. The van der Waals surface area contributed by atoms with E-state index in [1.807, 2.05) is 45.0 Å². The Kier molecular flexibility index (Phi) is 4.68.